The second-order valence-corrected chi connectivity index (χ2v) is 6.84. The zero-order valence-corrected chi connectivity index (χ0v) is 15.5. The molecule has 148 valence electrons. The molecular formula is C19H23FN6O2. The van der Waals surface area contributed by atoms with Crippen molar-refractivity contribution in [1.29, 1.82) is 0 Å². The molecule has 0 bridgehead atoms. The largest absolute Gasteiger partial charge is 0.378 e. The highest BCUT2D eigenvalue weighted by Gasteiger charge is 2.26. The number of rotatable bonds is 4. The topological polar surface area (TPSA) is 82.6 Å². The zero-order valence-electron chi connectivity index (χ0n) is 15.5. The van der Waals surface area contributed by atoms with Crippen molar-refractivity contribution in [1.82, 2.24) is 15.3 Å². The van der Waals surface area contributed by atoms with Crippen molar-refractivity contribution in [2.75, 3.05) is 54.5 Å². The number of anilines is 3. The van der Waals surface area contributed by atoms with E-state index in [1.165, 1.54) is 6.07 Å². The van der Waals surface area contributed by atoms with E-state index < -0.39 is 0 Å². The Hall–Kier alpha value is -2.94. The molecule has 0 aromatic carbocycles. The number of pyridine rings is 2. The third-order valence-corrected chi connectivity index (χ3v) is 4.90. The zero-order chi connectivity index (χ0) is 19.3. The standard InChI is InChI=1S/C19H23FN6O2/c20-16-2-1-6-21-18(16)26-7-5-15(13-26)24-19(27)23-14-3-4-17(22-12-14)25-8-10-28-11-9-25/h1-4,6,12,15H,5,7-11,13H2,(H2,23,24,27). The first-order valence-corrected chi connectivity index (χ1v) is 9.41. The summed E-state index contributed by atoms with van der Waals surface area (Å²) in [5.74, 6) is 0.854. The summed E-state index contributed by atoms with van der Waals surface area (Å²) in [6, 6.07) is 6.32. The molecule has 2 saturated heterocycles. The minimum atomic E-state index is -0.348. The van der Waals surface area contributed by atoms with Gasteiger partial charge in [0.1, 0.15) is 5.82 Å². The lowest BCUT2D eigenvalue weighted by molar-refractivity contribution is 0.122. The Kier molecular flexibility index (Phi) is 5.52. The van der Waals surface area contributed by atoms with Gasteiger partial charge in [-0.05, 0) is 30.7 Å². The lowest BCUT2D eigenvalue weighted by Crippen LogP contribution is -2.40. The first-order valence-electron chi connectivity index (χ1n) is 9.41. The molecule has 8 nitrogen and oxygen atoms in total. The van der Waals surface area contributed by atoms with Crippen LogP contribution in [0.3, 0.4) is 0 Å². The molecule has 2 aromatic heterocycles. The Morgan fingerprint density at radius 2 is 2.00 bits per heavy atom. The van der Waals surface area contributed by atoms with Gasteiger partial charge in [0.2, 0.25) is 0 Å². The molecular weight excluding hydrogens is 363 g/mol. The van der Waals surface area contributed by atoms with Gasteiger partial charge >= 0.3 is 6.03 Å². The normalized spacial score (nSPS) is 19.5. The number of aromatic nitrogens is 2. The molecule has 9 heteroatoms. The number of carbonyl (C=O) groups is 1. The minimum absolute atomic E-state index is 0.0676. The fourth-order valence-electron chi connectivity index (χ4n) is 3.47. The third-order valence-electron chi connectivity index (χ3n) is 4.90. The Labute approximate surface area is 162 Å². The highest BCUT2D eigenvalue weighted by molar-refractivity contribution is 5.89. The number of ether oxygens (including phenoxy) is 1. The maximum absolute atomic E-state index is 13.9. The molecule has 2 aromatic rings. The van der Waals surface area contributed by atoms with E-state index in [4.69, 9.17) is 4.74 Å². The van der Waals surface area contributed by atoms with Crippen molar-refractivity contribution in [3.63, 3.8) is 0 Å². The Morgan fingerprint density at radius 1 is 1.14 bits per heavy atom. The number of nitrogens with zero attached hydrogens (tertiary/aromatic N) is 4. The summed E-state index contributed by atoms with van der Waals surface area (Å²) >= 11 is 0. The molecule has 1 atom stereocenters. The maximum Gasteiger partial charge on any atom is 0.319 e. The lowest BCUT2D eigenvalue weighted by atomic mass is 10.3. The minimum Gasteiger partial charge on any atom is -0.378 e. The molecule has 0 spiro atoms. The van der Waals surface area contributed by atoms with E-state index in [1.807, 2.05) is 17.0 Å². The van der Waals surface area contributed by atoms with Crippen molar-refractivity contribution in [3.8, 4) is 0 Å². The van der Waals surface area contributed by atoms with E-state index in [1.54, 1.807) is 18.5 Å². The summed E-state index contributed by atoms with van der Waals surface area (Å²) in [7, 11) is 0. The van der Waals surface area contributed by atoms with Gasteiger partial charge in [0.25, 0.3) is 0 Å². The predicted molar refractivity (Wildman–Crippen MR) is 104 cm³/mol. The van der Waals surface area contributed by atoms with Gasteiger partial charge in [-0.1, -0.05) is 0 Å². The third kappa shape index (κ3) is 4.30. The molecule has 28 heavy (non-hydrogen) atoms. The van der Waals surface area contributed by atoms with Gasteiger partial charge in [0.15, 0.2) is 11.6 Å². The van der Waals surface area contributed by atoms with Crippen LogP contribution in [0.5, 0.6) is 0 Å². The molecule has 0 aliphatic carbocycles. The summed E-state index contributed by atoms with van der Waals surface area (Å²) in [5.41, 5.74) is 0.625. The average Bonchev–Trinajstić information content (AvgIpc) is 3.17. The number of hydrogen-bond donors (Lipinski definition) is 2. The highest BCUT2D eigenvalue weighted by atomic mass is 19.1. The number of morpholine rings is 1. The maximum atomic E-state index is 13.9. The van der Waals surface area contributed by atoms with Crippen molar-refractivity contribution in [3.05, 3.63) is 42.5 Å². The van der Waals surface area contributed by atoms with Crippen LogP contribution in [0.25, 0.3) is 0 Å². The number of halogens is 1. The van der Waals surface area contributed by atoms with Gasteiger partial charge in [-0.15, -0.1) is 0 Å². The van der Waals surface area contributed by atoms with Crippen LogP contribution in [0.4, 0.5) is 26.5 Å². The summed E-state index contributed by atoms with van der Waals surface area (Å²) in [6.07, 6.45) is 3.95. The van der Waals surface area contributed by atoms with Crippen LogP contribution in [0.15, 0.2) is 36.7 Å². The van der Waals surface area contributed by atoms with E-state index in [-0.39, 0.29) is 17.9 Å². The molecule has 2 aliphatic heterocycles. The molecule has 2 fully saturated rings. The number of carbonyl (C=O) groups excluding carboxylic acids is 1. The second kappa shape index (κ2) is 8.39. The monoisotopic (exact) mass is 386 g/mol. The summed E-state index contributed by atoms with van der Waals surface area (Å²) < 4.78 is 19.2. The first kappa shape index (κ1) is 18.4. The molecule has 2 aliphatic rings. The van der Waals surface area contributed by atoms with Crippen LogP contribution in [0, 0.1) is 5.82 Å². The summed E-state index contributed by atoms with van der Waals surface area (Å²) in [5, 5.41) is 5.73. The van der Waals surface area contributed by atoms with Crippen LogP contribution in [0.1, 0.15) is 6.42 Å². The van der Waals surface area contributed by atoms with Crippen molar-refractivity contribution in [2.45, 2.75) is 12.5 Å². The van der Waals surface area contributed by atoms with Crippen LogP contribution < -0.4 is 20.4 Å². The number of nitrogens with one attached hydrogen (secondary N) is 2. The Morgan fingerprint density at radius 3 is 2.75 bits per heavy atom. The SMILES string of the molecule is O=C(Nc1ccc(N2CCOCC2)nc1)NC1CCN(c2ncccc2F)C1. The average molecular weight is 386 g/mol. The van der Waals surface area contributed by atoms with Crippen LogP contribution in [0.2, 0.25) is 0 Å². The quantitative estimate of drug-likeness (QED) is 0.835. The van der Waals surface area contributed by atoms with Crippen LogP contribution in [-0.2, 0) is 4.74 Å². The van der Waals surface area contributed by atoms with Gasteiger partial charge in [0, 0.05) is 38.4 Å². The van der Waals surface area contributed by atoms with Gasteiger partial charge in [0.05, 0.1) is 25.1 Å². The van der Waals surface area contributed by atoms with Gasteiger partial charge < -0.3 is 25.2 Å². The fraction of sp³-hybridized carbons (Fsp3) is 0.421. The molecule has 4 heterocycles. The summed E-state index contributed by atoms with van der Waals surface area (Å²) in [4.78, 5) is 24.8. The van der Waals surface area contributed by atoms with E-state index in [0.29, 0.717) is 37.8 Å². The molecule has 1 unspecified atom stereocenters. The van der Waals surface area contributed by atoms with E-state index in [0.717, 1.165) is 25.3 Å². The molecule has 0 saturated carbocycles. The lowest BCUT2D eigenvalue weighted by Gasteiger charge is -2.27. The number of urea groups is 1. The smallest absolute Gasteiger partial charge is 0.319 e. The Bertz CT molecular complexity index is 812. The highest BCUT2D eigenvalue weighted by Crippen LogP contribution is 2.21. The molecule has 4 rings (SSSR count). The Balaban J connectivity index is 1.28. The van der Waals surface area contributed by atoms with Crippen molar-refractivity contribution >= 4 is 23.4 Å². The van der Waals surface area contributed by atoms with Crippen molar-refractivity contribution in [2.24, 2.45) is 0 Å². The predicted octanol–water partition coefficient (Wildman–Crippen LogP) is 1.85. The van der Waals surface area contributed by atoms with Gasteiger partial charge in [-0.2, -0.15) is 0 Å². The first-order chi connectivity index (χ1) is 13.7. The van der Waals surface area contributed by atoms with E-state index in [9.17, 15) is 9.18 Å². The number of amides is 2. The summed E-state index contributed by atoms with van der Waals surface area (Å²) in [6.45, 7) is 4.20. The van der Waals surface area contributed by atoms with Crippen LogP contribution >= 0.6 is 0 Å². The van der Waals surface area contributed by atoms with Gasteiger partial charge in [-0.3, -0.25) is 0 Å². The molecule has 0 radical (unpaired) electrons. The van der Waals surface area contributed by atoms with Crippen LogP contribution in [-0.4, -0.2) is 61.4 Å². The number of hydrogen-bond acceptors (Lipinski definition) is 6. The van der Waals surface area contributed by atoms with E-state index >= 15 is 0 Å². The fourth-order valence-corrected chi connectivity index (χ4v) is 3.47. The van der Waals surface area contributed by atoms with Crippen molar-refractivity contribution < 1.29 is 13.9 Å². The van der Waals surface area contributed by atoms with E-state index in [2.05, 4.69) is 25.5 Å². The van der Waals surface area contributed by atoms with Gasteiger partial charge in [-0.25, -0.2) is 19.2 Å². The molecule has 2 N–H and O–H groups in total. The molecule has 2 amide bonds. The second-order valence-electron chi connectivity index (χ2n) is 6.84.